The van der Waals surface area contributed by atoms with Crippen LogP contribution in [0.4, 0.5) is 14.5 Å². The van der Waals surface area contributed by atoms with E-state index in [1.807, 2.05) is 6.92 Å². The SMILES string of the molecule is Cc1ccc(F)cc1NCC(O)c1ccc(F)cc1. The summed E-state index contributed by atoms with van der Waals surface area (Å²) >= 11 is 0. The molecule has 2 aromatic rings. The van der Waals surface area contributed by atoms with Crippen LogP contribution >= 0.6 is 0 Å². The summed E-state index contributed by atoms with van der Waals surface area (Å²) in [5.74, 6) is -0.672. The topological polar surface area (TPSA) is 32.3 Å². The van der Waals surface area contributed by atoms with Crippen LogP contribution in [0.15, 0.2) is 42.5 Å². The van der Waals surface area contributed by atoms with Crippen LogP contribution in [0.5, 0.6) is 0 Å². The molecule has 1 atom stereocenters. The Balaban J connectivity index is 2.02. The predicted octanol–water partition coefficient (Wildman–Crippen LogP) is 3.42. The van der Waals surface area contributed by atoms with Crippen LogP contribution in [-0.4, -0.2) is 11.7 Å². The first-order valence-electron chi connectivity index (χ1n) is 6.00. The van der Waals surface area contributed by atoms with Crippen molar-refractivity contribution in [1.29, 1.82) is 0 Å². The standard InChI is InChI=1S/C15H15F2NO/c1-10-2-5-13(17)8-14(10)18-9-15(19)11-3-6-12(16)7-4-11/h2-8,15,18-19H,9H2,1H3. The minimum absolute atomic E-state index is 0.232. The highest BCUT2D eigenvalue weighted by atomic mass is 19.1. The predicted molar refractivity (Wildman–Crippen MR) is 71.0 cm³/mol. The molecule has 1 unspecified atom stereocenters. The Kier molecular flexibility index (Phi) is 4.12. The fraction of sp³-hybridized carbons (Fsp3) is 0.200. The van der Waals surface area contributed by atoms with Crippen molar-refractivity contribution < 1.29 is 13.9 Å². The van der Waals surface area contributed by atoms with Crippen LogP contribution in [0, 0.1) is 18.6 Å². The lowest BCUT2D eigenvalue weighted by Gasteiger charge is -2.14. The third-order valence-electron chi connectivity index (χ3n) is 2.94. The number of halogens is 2. The highest BCUT2D eigenvalue weighted by molar-refractivity contribution is 5.50. The summed E-state index contributed by atoms with van der Waals surface area (Å²) in [4.78, 5) is 0. The second-order valence-corrected chi connectivity index (χ2v) is 4.41. The second kappa shape index (κ2) is 5.80. The number of aliphatic hydroxyl groups excluding tert-OH is 1. The van der Waals surface area contributed by atoms with E-state index in [9.17, 15) is 13.9 Å². The summed E-state index contributed by atoms with van der Waals surface area (Å²) in [5.41, 5.74) is 2.15. The molecule has 0 saturated carbocycles. The molecule has 0 bridgehead atoms. The van der Waals surface area contributed by atoms with E-state index in [1.54, 1.807) is 6.07 Å². The number of hydrogen-bond acceptors (Lipinski definition) is 2. The van der Waals surface area contributed by atoms with Gasteiger partial charge in [0.15, 0.2) is 0 Å². The number of benzene rings is 2. The van der Waals surface area contributed by atoms with Gasteiger partial charge in [-0.2, -0.15) is 0 Å². The number of hydrogen-bond donors (Lipinski definition) is 2. The summed E-state index contributed by atoms with van der Waals surface area (Å²) in [5, 5.41) is 12.9. The molecule has 0 fully saturated rings. The Hall–Kier alpha value is -1.94. The lowest BCUT2D eigenvalue weighted by molar-refractivity contribution is 0.191. The zero-order chi connectivity index (χ0) is 13.8. The number of anilines is 1. The molecule has 0 spiro atoms. The molecule has 0 aliphatic rings. The highest BCUT2D eigenvalue weighted by Gasteiger charge is 2.08. The van der Waals surface area contributed by atoms with Crippen molar-refractivity contribution in [2.45, 2.75) is 13.0 Å². The molecule has 0 aliphatic carbocycles. The molecule has 0 saturated heterocycles. The molecule has 4 heteroatoms. The zero-order valence-electron chi connectivity index (χ0n) is 10.5. The van der Waals surface area contributed by atoms with E-state index in [0.29, 0.717) is 11.3 Å². The lowest BCUT2D eigenvalue weighted by Crippen LogP contribution is -2.13. The molecule has 0 amide bonds. The van der Waals surface area contributed by atoms with Crippen molar-refractivity contribution in [3.8, 4) is 0 Å². The van der Waals surface area contributed by atoms with E-state index in [1.165, 1.54) is 36.4 Å². The molecule has 0 aliphatic heterocycles. The molecule has 19 heavy (non-hydrogen) atoms. The van der Waals surface area contributed by atoms with Crippen molar-refractivity contribution >= 4 is 5.69 Å². The third-order valence-corrected chi connectivity index (χ3v) is 2.94. The minimum atomic E-state index is -0.775. The molecule has 2 N–H and O–H groups in total. The Morgan fingerprint density at radius 3 is 2.37 bits per heavy atom. The van der Waals surface area contributed by atoms with Crippen LogP contribution in [0.25, 0.3) is 0 Å². The van der Waals surface area contributed by atoms with Crippen LogP contribution in [0.2, 0.25) is 0 Å². The number of nitrogens with one attached hydrogen (secondary N) is 1. The van der Waals surface area contributed by atoms with Gasteiger partial charge in [-0.15, -0.1) is 0 Å². The maximum atomic E-state index is 13.1. The van der Waals surface area contributed by atoms with Gasteiger partial charge in [0, 0.05) is 12.2 Å². The Morgan fingerprint density at radius 2 is 1.68 bits per heavy atom. The zero-order valence-corrected chi connectivity index (χ0v) is 10.5. The van der Waals surface area contributed by atoms with E-state index in [-0.39, 0.29) is 18.2 Å². The smallest absolute Gasteiger partial charge is 0.125 e. The maximum absolute atomic E-state index is 13.1. The largest absolute Gasteiger partial charge is 0.387 e. The molecular weight excluding hydrogens is 248 g/mol. The molecular formula is C15H15F2NO. The Morgan fingerprint density at radius 1 is 1.05 bits per heavy atom. The normalized spacial score (nSPS) is 12.2. The highest BCUT2D eigenvalue weighted by Crippen LogP contribution is 2.19. The van der Waals surface area contributed by atoms with Crippen molar-refractivity contribution in [3.63, 3.8) is 0 Å². The quantitative estimate of drug-likeness (QED) is 0.886. The molecule has 0 radical (unpaired) electrons. The Labute approximate surface area is 110 Å². The van der Waals surface area contributed by atoms with Gasteiger partial charge < -0.3 is 10.4 Å². The summed E-state index contributed by atoms with van der Waals surface area (Å²) in [6.45, 7) is 2.09. The summed E-state index contributed by atoms with van der Waals surface area (Å²) in [6, 6.07) is 10.1. The van der Waals surface area contributed by atoms with Gasteiger partial charge in [-0.3, -0.25) is 0 Å². The first kappa shape index (κ1) is 13.5. The lowest BCUT2D eigenvalue weighted by atomic mass is 10.1. The minimum Gasteiger partial charge on any atom is -0.387 e. The van der Waals surface area contributed by atoms with Gasteiger partial charge in [0.25, 0.3) is 0 Å². The first-order chi connectivity index (χ1) is 9.06. The fourth-order valence-corrected chi connectivity index (χ4v) is 1.79. The van der Waals surface area contributed by atoms with E-state index in [4.69, 9.17) is 0 Å². The number of aliphatic hydroxyl groups is 1. The van der Waals surface area contributed by atoms with Gasteiger partial charge in [-0.05, 0) is 42.3 Å². The molecule has 0 aromatic heterocycles. The van der Waals surface area contributed by atoms with Gasteiger partial charge in [-0.1, -0.05) is 18.2 Å². The second-order valence-electron chi connectivity index (χ2n) is 4.41. The van der Waals surface area contributed by atoms with E-state index in [0.717, 1.165) is 5.56 Å². The monoisotopic (exact) mass is 263 g/mol. The van der Waals surface area contributed by atoms with E-state index >= 15 is 0 Å². The molecule has 2 aromatic carbocycles. The summed E-state index contributed by atoms with van der Waals surface area (Å²) in [6.07, 6.45) is -0.775. The summed E-state index contributed by atoms with van der Waals surface area (Å²) < 4.78 is 25.9. The van der Waals surface area contributed by atoms with Crippen LogP contribution in [0.3, 0.4) is 0 Å². The molecule has 2 nitrogen and oxygen atoms in total. The van der Waals surface area contributed by atoms with Gasteiger partial charge in [-0.25, -0.2) is 8.78 Å². The molecule has 0 heterocycles. The van der Waals surface area contributed by atoms with Crippen molar-refractivity contribution in [2.75, 3.05) is 11.9 Å². The van der Waals surface area contributed by atoms with Crippen LogP contribution < -0.4 is 5.32 Å². The molecule has 2 rings (SSSR count). The van der Waals surface area contributed by atoms with Crippen LogP contribution in [-0.2, 0) is 0 Å². The van der Waals surface area contributed by atoms with Crippen molar-refractivity contribution in [3.05, 3.63) is 65.2 Å². The Bertz CT molecular complexity index is 555. The van der Waals surface area contributed by atoms with Crippen molar-refractivity contribution in [1.82, 2.24) is 0 Å². The first-order valence-corrected chi connectivity index (χ1v) is 6.00. The number of rotatable bonds is 4. The van der Waals surface area contributed by atoms with Gasteiger partial charge in [0.05, 0.1) is 6.10 Å². The summed E-state index contributed by atoms with van der Waals surface area (Å²) in [7, 11) is 0. The average Bonchev–Trinajstić information content (AvgIpc) is 2.40. The fourth-order valence-electron chi connectivity index (χ4n) is 1.79. The number of aryl methyl sites for hydroxylation is 1. The van der Waals surface area contributed by atoms with Gasteiger partial charge in [0.1, 0.15) is 11.6 Å². The van der Waals surface area contributed by atoms with Crippen molar-refractivity contribution in [2.24, 2.45) is 0 Å². The maximum Gasteiger partial charge on any atom is 0.125 e. The third kappa shape index (κ3) is 3.51. The van der Waals surface area contributed by atoms with Crippen LogP contribution in [0.1, 0.15) is 17.2 Å². The van der Waals surface area contributed by atoms with Gasteiger partial charge in [0.2, 0.25) is 0 Å². The van der Waals surface area contributed by atoms with E-state index < -0.39 is 6.10 Å². The molecule has 100 valence electrons. The average molecular weight is 263 g/mol. The van der Waals surface area contributed by atoms with Gasteiger partial charge >= 0.3 is 0 Å². The van der Waals surface area contributed by atoms with E-state index in [2.05, 4.69) is 5.32 Å².